The van der Waals surface area contributed by atoms with Crippen molar-refractivity contribution in [1.29, 1.82) is 0 Å². The highest BCUT2D eigenvalue weighted by atomic mass is 19.1. The van der Waals surface area contributed by atoms with E-state index in [1.54, 1.807) is 6.07 Å². The van der Waals surface area contributed by atoms with Gasteiger partial charge in [-0.25, -0.2) is 9.18 Å². The molecule has 0 aliphatic rings. The molecule has 0 amide bonds. The molecule has 0 heterocycles. The molecule has 1 N–H and O–H groups in total. The summed E-state index contributed by atoms with van der Waals surface area (Å²) in [7, 11) is 1.86. The number of carboxylic acid groups (broad SMARTS) is 1. The summed E-state index contributed by atoms with van der Waals surface area (Å²) in [5.41, 5.74) is 5.16. The van der Waals surface area contributed by atoms with Gasteiger partial charge in [0.15, 0.2) is 0 Å². The first-order valence-corrected chi connectivity index (χ1v) is 9.90. The summed E-state index contributed by atoms with van der Waals surface area (Å²) in [4.78, 5) is 13.0. The van der Waals surface area contributed by atoms with Crippen molar-refractivity contribution < 1.29 is 14.3 Å². The van der Waals surface area contributed by atoms with Gasteiger partial charge in [-0.15, -0.1) is 0 Å². The van der Waals surface area contributed by atoms with Gasteiger partial charge in [-0.2, -0.15) is 0 Å². The molecule has 0 saturated heterocycles. The van der Waals surface area contributed by atoms with Crippen LogP contribution in [0, 0.1) is 5.82 Å². The number of hydrogen-bond acceptors (Lipinski definition) is 2. The molecule has 0 unspecified atom stereocenters. The number of aryl methyl sites for hydroxylation is 1. The van der Waals surface area contributed by atoms with Crippen LogP contribution >= 0.6 is 0 Å². The quantitative estimate of drug-likeness (QED) is 0.499. The fourth-order valence-corrected chi connectivity index (χ4v) is 3.33. The molecule has 4 heteroatoms. The summed E-state index contributed by atoms with van der Waals surface area (Å²) >= 11 is 0. The highest BCUT2D eigenvalue weighted by Gasteiger charge is 2.13. The summed E-state index contributed by atoms with van der Waals surface area (Å²) in [6.45, 7) is 2.80. The molecule has 3 nitrogen and oxygen atoms in total. The van der Waals surface area contributed by atoms with E-state index in [1.807, 2.05) is 11.9 Å². The van der Waals surface area contributed by atoms with Crippen molar-refractivity contribution in [3.63, 3.8) is 0 Å². The van der Waals surface area contributed by atoms with Gasteiger partial charge in [0.1, 0.15) is 5.82 Å². The summed E-state index contributed by atoms with van der Waals surface area (Å²) in [5, 5.41) is 9.10. The first kappa shape index (κ1) is 20.6. The Kier molecular flexibility index (Phi) is 6.65. The average Bonchev–Trinajstić information content (AvgIpc) is 2.73. The number of halogens is 1. The van der Waals surface area contributed by atoms with Crippen LogP contribution in [0.2, 0.25) is 0 Å². The van der Waals surface area contributed by atoms with Crippen LogP contribution in [-0.4, -0.2) is 18.1 Å². The van der Waals surface area contributed by atoms with Crippen LogP contribution in [0.15, 0.2) is 66.7 Å². The van der Waals surface area contributed by atoms with Crippen molar-refractivity contribution in [2.75, 3.05) is 11.9 Å². The predicted molar refractivity (Wildman–Crippen MR) is 116 cm³/mol. The minimum absolute atomic E-state index is 0.313. The number of rotatable bonds is 8. The van der Waals surface area contributed by atoms with E-state index in [4.69, 9.17) is 5.11 Å². The van der Waals surface area contributed by atoms with Crippen LogP contribution < -0.4 is 4.90 Å². The zero-order valence-electron chi connectivity index (χ0n) is 16.9. The molecule has 3 aromatic carbocycles. The molecule has 0 atom stereocenters. The van der Waals surface area contributed by atoms with Crippen molar-refractivity contribution in [3.8, 4) is 11.1 Å². The Bertz CT molecular complexity index is 965. The summed E-state index contributed by atoms with van der Waals surface area (Å²) in [5.74, 6) is -1.98. The maximum absolute atomic E-state index is 13.6. The normalized spacial score (nSPS) is 10.7. The Morgan fingerprint density at radius 3 is 2.07 bits per heavy atom. The van der Waals surface area contributed by atoms with Gasteiger partial charge >= 0.3 is 5.97 Å². The van der Waals surface area contributed by atoms with E-state index < -0.39 is 11.8 Å². The lowest BCUT2D eigenvalue weighted by atomic mass is 10.0. The third kappa shape index (κ3) is 5.23. The largest absolute Gasteiger partial charge is 0.478 e. The highest BCUT2D eigenvalue weighted by molar-refractivity contribution is 5.89. The number of aromatic carboxylic acids is 1. The minimum atomic E-state index is -1.26. The molecule has 0 radical (unpaired) electrons. The Labute approximate surface area is 171 Å². The highest BCUT2D eigenvalue weighted by Crippen LogP contribution is 2.23. The molecular formula is C25H26FNO2. The average molecular weight is 391 g/mol. The summed E-state index contributed by atoms with van der Waals surface area (Å²) in [6.07, 6.45) is 3.53. The third-order valence-corrected chi connectivity index (χ3v) is 5.10. The predicted octanol–water partition coefficient (Wildman–Crippen LogP) is 6.17. The van der Waals surface area contributed by atoms with Crippen molar-refractivity contribution in [3.05, 3.63) is 89.2 Å². The van der Waals surface area contributed by atoms with Crippen LogP contribution in [0.25, 0.3) is 11.1 Å². The van der Waals surface area contributed by atoms with Gasteiger partial charge in [0.05, 0.1) is 5.56 Å². The number of carboxylic acids is 1. The second-order valence-electron chi connectivity index (χ2n) is 7.32. The minimum Gasteiger partial charge on any atom is -0.478 e. The number of unbranched alkanes of at least 4 members (excludes halogenated alkanes) is 1. The van der Waals surface area contributed by atoms with E-state index in [1.165, 1.54) is 36.1 Å². The SMILES string of the molecule is CCCCc1ccc(-c2ccc(CN(C)c3ccc(F)c(C(=O)O)c3)cc2)cc1. The zero-order chi connectivity index (χ0) is 20.8. The topological polar surface area (TPSA) is 40.5 Å². The molecule has 0 fully saturated rings. The molecule has 0 saturated carbocycles. The van der Waals surface area contributed by atoms with Gasteiger partial charge in [-0.05, 0) is 53.3 Å². The van der Waals surface area contributed by atoms with Crippen LogP contribution in [-0.2, 0) is 13.0 Å². The van der Waals surface area contributed by atoms with Crippen molar-refractivity contribution in [1.82, 2.24) is 0 Å². The van der Waals surface area contributed by atoms with Gasteiger partial charge in [0.25, 0.3) is 0 Å². The number of anilines is 1. The van der Waals surface area contributed by atoms with Gasteiger partial charge in [0, 0.05) is 19.3 Å². The smallest absolute Gasteiger partial charge is 0.338 e. The number of benzene rings is 3. The number of hydrogen-bond donors (Lipinski definition) is 1. The van der Waals surface area contributed by atoms with Crippen LogP contribution in [0.1, 0.15) is 41.3 Å². The van der Waals surface area contributed by atoms with E-state index in [0.717, 1.165) is 17.5 Å². The van der Waals surface area contributed by atoms with Gasteiger partial charge < -0.3 is 10.0 Å². The van der Waals surface area contributed by atoms with E-state index in [9.17, 15) is 9.18 Å². The molecule has 150 valence electrons. The van der Waals surface area contributed by atoms with E-state index in [2.05, 4.69) is 55.5 Å². The Morgan fingerprint density at radius 2 is 1.52 bits per heavy atom. The number of carbonyl (C=O) groups is 1. The van der Waals surface area contributed by atoms with E-state index in [0.29, 0.717) is 12.2 Å². The maximum Gasteiger partial charge on any atom is 0.338 e. The standard InChI is InChI=1S/C25H26FNO2/c1-3-4-5-18-6-10-20(11-7-18)21-12-8-19(9-13-21)17-27(2)22-14-15-24(26)23(16-22)25(28)29/h6-16H,3-5,17H2,1-2H3,(H,28,29). The molecule has 0 aliphatic carbocycles. The second-order valence-corrected chi connectivity index (χ2v) is 7.32. The molecule has 3 aromatic rings. The molecule has 0 aliphatic heterocycles. The Hall–Kier alpha value is -3.14. The molecule has 0 aromatic heterocycles. The van der Waals surface area contributed by atoms with Gasteiger partial charge in [0.2, 0.25) is 0 Å². The lowest BCUT2D eigenvalue weighted by Gasteiger charge is -2.20. The molecule has 3 rings (SSSR count). The van der Waals surface area contributed by atoms with Crippen molar-refractivity contribution in [2.45, 2.75) is 32.7 Å². The van der Waals surface area contributed by atoms with Crippen LogP contribution in [0.3, 0.4) is 0 Å². The lowest BCUT2D eigenvalue weighted by Crippen LogP contribution is -2.17. The molecular weight excluding hydrogens is 365 g/mol. The monoisotopic (exact) mass is 391 g/mol. The Morgan fingerprint density at radius 1 is 0.931 bits per heavy atom. The maximum atomic E-state index is 13.6. The second kappa shape index (κ2) is 9.37. The molecule has 0 bridgehead atoms. The van der Waals surface area contributed by atoms with Crippen LogP contribution in [0.5, 0.6) is 0 Å². The lowest BCUT2D eigenvalue weighted by molar-refractivity contribution is 0.0692. The zero-order valence-corrected chi connectivity index (χ0v) is 16.9. The fraction of sp³-hybridized carbons (Fsp3) is 0.240. The van der Waals surface area contributed by atoms with Crippen LogP contribution in [0.4, 0.5) is 10.1 Å². The first-order valence-electron chi connectivity index (χ1n) is 9.90. The van der Waals surface area contributed by atoms with E-state index in [-0.39, 0.29) is 5.56 Å². The van der Waals surface area contributed by atoms with E-state index >= 15 is 0 Å². The fourth-order valence-electron chi connectivity index (χ4n) is 3.33. The summed E-state index contributed by atoms with van der Waals surface area (Å²) in [6, 6.07) is 21.2. The van der Waals surface area contributed by atoms with Crippen molar-refractivity contribution in [2.24, 2.45) is 0 Å². The first-order chi connectivity index (χ1) is 14.0. The van der Waals surface area contributed by atoms with Crippen molar-refractivity contribution >= 4 is 11.7 Å². The third-order valence-electron chi connectivity index (χ3n) is 5.10. The van der Waals surface area contributed by atoms with Gasteiger partial charge in [-0.3, -0.25) is 0 Å². The number of nitrogens with zero attached hydrogens (tertiary/aromatic N) is 1. The Balaban J connectivity index is 1.69. The molecule has 29 heavy (non-hydrogen) atoms. The van der Waals surface area contributed by atoms with Gasteiger partial charge in [-0.1, -0.05) is 61.9 Å². The molecule has 0 spiro atoms. The summed E-state index contributed by atoms with van der Waals surface area (Å²) < 4.78 is 13.6.